The molecule has 0 aromatic heterocycles. The SMILES string of the molecule is Cc1ccc2c(c1)[C@]1(SC(C)(C)CN1C(=O)Nc1ccccc1F)C(=O)N2Cc1ccc(F)cc1. The average Bonchev–Trinajstić information content (AvgIpc) is 3.23. The first-order chi connectivity index (χ1) is 16.6. The van der Waals surface area contributed by atoms with Crippen molar-refractivity contribution < 1.29 is 18.4 Å². The van der Waals surface area contributed by atoms with Gasteiger partial charge in [-0.25, -0.2) is 13.6 Å². The van der Waals surface area contributed by atoms with Gasteiger partial charge in [0.1, 0.15) is 11.6 Å². The molecule has 3 aromatic rings. The lowest BCUT2D eigenvalue weighted by atomic mass is 10.0. The van der Waals surface area contributed by atoms with Crippen LogP contribution in [0.1, 0.15) is 30.5 Å². The van der Waals surface area contributed by atoms with Crippen LogP contribution in [0.2, 0.25) is 0 Å². The fourth-order valence-electron chi connectivity index (χ4n) is 4.79. The quantitative estimate of drug-likeness (QED) is 0.485. The molecule has 0 radical (unpaired) electrons. The lowest BCUT2D eigenvalue weighted by Crippen LogP contribution is -2.51. The molecular weight excluding hydrogens is 468 g/mol. The van der Waals surface area contributed by atoms with Crippen molar-refractivity contribution in [2.24, 2.45) is 0 Å². The number of halogens is 2. The average molecular weight is 494 g/mol. The molecule has 2 heterocycles. The summed E-state index contributed by atoms with van der Waals surface area (Å²) in [5, 5.41) is 2.66. The summed E-state index contributed by atoms with van der Waals surface area (Å²) >= 11 is 1.43. The molecule has 2 aliphatic rings. The molecule has 0 bridgehead atoms. The third-order valence-electron chi connectivity index (χ3n) is 6.30. The maximum absolute atomic E-state index is 14.3. The normalized spacial score (nSPS) is 20.4. The Morgan fingerprint density at radius 1 is 1.06 bits per heavy atom. The van der Waals surface area contributed by atoms with Gasteiger partial charge in [-0.05, 0) is 56.7 Å². The van der Waals surface area contributed by atoms with Crippen LogP contribution in [0.4, 0.5) is 25.0 Å². The smallest absolute Gasteiger partial charge is 0.305 e. The summed E-state index contributed by atoms with van der Waals surface area (Å²) in [5.74, 6) is -1.15. The number of benzene rings is 3. The largest absolute Gasteiger partial charge is 0.323 e. The zero-order chi connectivity index (χ0) is 25.0. The van der Waals surface area contributed by atoms with Crippen LogP contribution >= 0.6 is 11.8 Å². The van der Waals surface area contributed by atoms with Gasteiger partial charge in [0, 0.05) is 16.9 Å². The standard InChI is InChI=1S/C27H25F2N3O2S/c1-17-8-13-23-20(14-17)27(24(33)31(23)15-18-9-11-19(28)12-10-18)32(16-26(2,3)35-27)25(34)30-22-7-5-4-6-21(22)29/h4-14H,15-16H2,1-3H3,(H,30,34)/t27-/m0/s1. The van der Waals surface area contributed by atoms with Crippen LogP contribution in [0.15, 0.2) is 66.7 Å². The molecule has 0 unspecified atom stereocenters. The predicted molar refractivity (Wildman–Crippen MR) is 134 cm³/mol. The number of fused-ring (bicyclic) bond motifs is 2. The fourth-order valence-corrected chi connectivity index (χ4v) is 6.51. The fraction of sp³-hybridized carbons (Fsp3) is 0.259. The molecule has 8 heteroatoms. The molecule has 1 N–H and O–H groups in total. The Hall–Kier alpha value is -3.39. The first kappa shape index (κ1) is 23.4. The van der Waals surface area contributed by atoms with E-state index in [4.69, 9.17) is 0 Å². The van der Waals surface area contributed by atoms with Gasteiger partial charge in [0.25, 0.3) is 5.91 Å². The molecule has 5 rings (SSSR count). The van der Waals surface area contributed by atoms with Crippen molar-refractivity contribution in [2.45, 2.75) is 36.9 Å². The van der Waals surface area contributed by atoms with Gasteiger partial charge in [0.2, 0.25) is 0 Å². The van der Waals surface area contributed by atoms with E-state index in [1.54, 1.807) is 29.2 Å². The molecular formula is C27H25F2N3O2S. The highest BCUT2D eigenvalue weighted by atomic mass is 32.2. The number of hydrogen-bond donors (Lipinski definition) is 1. The van der Waals surface area contributed by atoms with Crippen molar-refractivity contribution in [2.75, 3.05) is 16.8 Å². The number of carbonyl (C=O) groups is 2. The summed E-state index contributed by atoms with van der Waals surface area (Å²) in [7, 11) is 0. The molecule has 3 aromatic carbocycles. The number of urea groups is 1. The van der Waals surface area contributed by atoms with Gasteiger partial charge in [-0.2, -0.15) is 0 Å². The molecule has 1 saturated heterocycles. The lowest BCUT2D eigenvalue weighted by molar-refractivity contribution is -0.123. The van der Waals surface area contributed by atoms with Gasteiger partial charge >= 0.3 is 6.03 Å². The molecule has 0 saturated carbocycles. The number of carbonyl (C=O) groups excluding carboxylic acids is 2. The van der Waals surface area contributed by atoms with Crippen molar-refractivity contribution in [3.63, 3.8) is 0 Å². The summed E-state index contributed by atoms with van der Waals surface area (Å²) in [4.78, 5) is 29.7. The zero-order valence-corrected chi connectivity index (χ0v) is 20.5. The Labute approximate surface area is 207 Å². The minimum absolute atomic E-state index is 0.0560. The van der Waals surface area contributed by atoms with Crippen molar-refractivity contribution in [1.29, 1.82) is 0 Å². The Morgan fingerprint density at radius 2 is 1.77 bits per heavy atom. The molecule has 5 nitrogen and oxygen atoms in total. The van der Waals surface area contributed by atoms with Crippen molar-refractivity contribution in [1.82, 2.24) is 4.90 Å². The highest BCUT2D eigenvalue weighted by Crippen LogP contribution is 2.60. The topological polar surface area (TPSA) is 52.7 Å². The van der Waals surface area contributed by atoms with E-state index in [1.807, 2.05) is 39.0 Å². The number of anilines is 2. The van der Waals surface area contributed by atoms with Gasteiger partial charge in [-0.3, -0.25) is 9.69 Å². The first-order valence-electron chi connectivity index (χ1n) is 11.3. The van der Waals surface area contributed by atoms with Crippen LogP contribution in [-0.2, 0) is 16.2 Å². The summed E-state index contributed by atoms with van der Waals surface area (Å²) in [6.07, 6.45) is 0. The maximum atomic E-state index is 14.3. The number of amides is 3. The highest BCUT2D eigenvalue weighted by Gasteiger charge is 2.63. The molecule has 180 valence electrons. The number of para-hydroxylation sites is 1. The number of thioether (sulfide) groups is 1. The number of nitrogens with one attached hydrogen (secondary N) is 1. The number of aryl methyl sites for hydroxylation is 1. The Morgan fingerprint density at radius 3 is 2.49 bits per heavy atom. The van der Waals surface area contributed by atoms with Crippen LogP contribution in [0.25, 0.3) is 0 Å². The van der Waals surface area contributed by atoms with E-state index in [0.29, 0.717) is 12.2 Å². The van der Waals surface area contributed by atoms with Crippen molar-refractivity contribution in [3.05, 3.63) is 95.1 Å². The van der Waals surface area contributed by atoms with Crippen molar-refractivity contribution >= 4 is 35.1 Å². The van der Waals surface area contributed by atoms with E-state index in [1.165, 1.54) is 40.9 Å². The molecule has 1 fully saturated rings. The summed E-state index contributed by atoms with van der Waals surface area (Å²) in [5.41, 5.74) is 3.22. The van der Waals surface area contributed by atoms with E-state index in [2.05, 4.69) is 5.32 Å². The summed E-state index contributed by atoms with van der Waals surface area (Å²) in [6.45, 7) is 6.44. The third-order valence-corrected chi connectivity index (χ3v) is 7.89. The van der Waals surface area contributed by atoms with Gasteiger partial charge < -0.3 is 10.2 Å². The Bertz CT molecular complexity index is 1330. The van der Waals surface area contributed by atoms with Crippen LogP contribution in [-0.4, -0.2) is 28.1 Å². The second-order valence-electron chi connectivity index (χ2n) is 9.54. The molecule has 3 amide bonds. The molecule has 1 atom stereocenters. The van der Waals surface area contributed by atoms with E-state index in [0.717, 1.165) is 16.7 Å². The van der Waals surface area contributed by atoms with E-state index >= 15 is 0 Å². The predicted octanol–water partition coefficient (Wildman–Crippen LogP) is 6.03. The maximum Gasteiger partial charge on any atom is 0.323 e. The van der Waals surface area contributed by atoms with E-state index in [-0.39, 0.29) is 24.0 Å². The van der Waals surface area contributed by atoms with E-state index in [9.17, 15) is 18.4 Å². The van der Waals surface area contributed by atoms with Crippen LogP contribution < -0.4 is 10.2 Å². The molecule has 0 aliphatic carbocycles. The first-order valence-corrected chi connectivity index (χ1v) is 12.1. The zero-order valence-electron chi connectivity index (χ0n) is 19.6. The molecule has 2 aliphatic heterocycles. The Balaban J connectivity index is 1.59. The second kappa shape index (κ2) is 8.37. The Kier molecular flexibility index (Phi) is 5.59. The number of nitrogens with zero attached hydrogens (tertiary/aromatic N) is 2. The van der Waals surface area contributed by atoms with Gasteiger partial charge in [-0.1, -0.05) is 42.0 Å². The van der Waals surface area contributed by atoms with Crippen LogP contribution in [0, 0.1) is 18.6 Å². The van der Waals surface area contributed by atoms with Crippen LogP contribution in [0.5, 0.6) is 0 Å². The molecule has 35 heavy (non-hydrogen) atoms. The number of rotatable bonds is 3. The van der Waals surface area contributed by atoms with Gasteiger partial charge in [-0.15, -0.1) is 11.8 Å². The number of hydrogen-bond acceptors (Lipinski definition) is 3. The van der Waals surface area contributed by atoms with Crippen molar-refractivity contribution in [3.8, 4) is 0 Å². The van der Waals surface area contributed by atoms with Crippen LogP contribution in [0.3, 0.4) is 0 Å². The second-order valence-corrected chi connectivity index (χ2v) is 11.4. The highest BCUT2D eigenvalue weighted by molar-refractivity contribution is 8.02. The summed E-state index contributed by atoms with van der Waals surface area (Å²) < 4.78 is 27.4. The minimum Gasteiger partial charge on any atom is -0.305 e. The monoisotopic (exact) mass is 493 g/mol. The third kappa shape index (κ3) is 3.95. The molecule has 1 spiro atoms. The lowest BCUT2D eigenvalue weighted by Gasteiger charge is -2.33. The van der Waals surface area contributed by atoms with E-state index < -0.39 is 21.5 Å². The minimum atomic E-state index is -1.31. The summed E-state index contributed by atoms with van der Waals surface area (Å²) in [6, 6.07) is 17.2. The van der Waals surface area contributed by atoms with Gasteiger partial charge in [0.05, 0.1) is 17.9 Å². The van der Waals surface area contributed by atoms with Gasteiger partial charge in [0.15, 0.2) is 4.87 Å².